The van der Waals surface area contributed by atoms with Crippen LogP contribution in [0.4, 0.5) is 5.69 Å². The molecule has 0 aliphatic rings. The highest BCUT2D eigenvalue weighted by Crippen LogP contribution is 2.26. The standard InChI is InChI=1S/C15H19N3O2/c1-10-11(16)6-5-7-12(10)20-13-14(19)18(9-8-17-13)15(2,3)4/h5-9H,16H2,1-4H3. The zero-order valence-corrected chi connectivity index (χ0v) is 12.2. The van der Waals surface area contributed by atoms with Gasteiger partial charge in [-0.05, 0) is 39.8 Å². The lowest BCUT2D eigenvalue weighted by molar-refractivity contribution is 0.362. The second-order valence-electron chi connectivity index (χ2n) is 5.65. The van der Waals surface area contributed by atoms with E-state index in [1.54, 1.807) is 35.2 Å². The second kappa shape index (κ2) is 5.00. The van der Waals surface area contributed by atoms with Crippen LogP contribution in [0.3, 0.4) is 0 Å². The number of nitrogens with zero attached hydrogens (tertiary/aromatic N) is 2. The Morgan fingerprint density at radius 3 is 2.65 bits per heavy atom. The molecule has 0 amide bonds. The molecule has 2 rings (SSSR count). The lowest BCUT2D eigenvalue weighted by Gasteiger charge is -2.22. The molecule has 0 unspecified atom stereocenters. The first-order chi connectivity index (χ1) is 9.30. The number of nitrogen functional groups attached to an aromatic ring is 1. The molecule has 0 fully saturated rings. The SMILES string of the molecule is Cc1c(N)cccc1Oc1nccn(C(C)(C)C)c1=O. The van der Waals surface area contributed by atoms with Crippen LogP contribution in [0.5, 0.6) is 11.6 Å². The molecule has 1 aromatic carbocycles. The van der Waals surface area contributed by atoms with Crippen molar-refractivity contribution >= 4 is 5.69 Å². The van der Waals surface area contributed by atoms with Crippen molar-refractivity contribution in [3.8, 4) is 11.6 Å². The first-order valence-corrected chi connectivity index (χ1v) is 6.42. The first-order valence-electron chi connectivity index (χ1n) is 6.42. The van der Waals surface area contributed by atoms with Crippen molar-refractivity contribution < 1.29 is 4.74 Å². The second-order valence-corrected chi connectivity index (χ2v) is 5.65. The van der Waals surface area contributed by atoms with E-state index >= 15 is 0 Å². The molecule has 1 heterocycles. The molecule has 0 bridgehead atoms. The number of hydrogen-bond acceptors (Lipinski definition) is 4. The quantitative estimate of drug-likeness (QED) is 0.854. The highest BCUT2D eigenvalue weighted by atomic mass is 16.5. The smallest absolute Gasteiger partial charge is 0.314 e. The van der Waals surface area contributed by atoms with Crippen molar-refractivity contribution in [3.63, 3.8) is 0 Å². The maximum absolute atomic E-state index is 12.4. The van der Waals surface area contributed by atoms with Crippen molar-refractivity contribution in [1.82, 2.24) is 9.55 Å². The molecule has 20 heavy (non-hydrogen) atoms. The van der Waals surface area contributed by atoms with Gasteiger partial charge in [0, 0.05) is 29.2 Å². The average Bonchev–Trinajstić information content (AvgIpc) is 2.36. The van der Waals surface area contributed by atoms with E-state index in [9.17, 15) is 4.79 Å². The van der Waals surface area contributed by atoms with Gasteiger partial charge in [0.1, 0.15) is 5.75 Å². The van der Waals surface area contributed by atoms with E-state index in [1.807, 2.05) is 27.7 Å². The van der Waals surface area contributed by atoms with Crippen molar-refractivity contribution in [2.45, 2.75) is 33.2 Å². The summed E-state index contributed by atoms with van der Waals surface area (Å²) in [5, 5.41) is 0. The monoisotopic (exact) mass is 273 g/mol. The molecule has 0 radical (unpaired) electrons. The number of hydrogen-bond donors (Lipinski definition) is 1. The van der Waals surface area contributed by atoms with Crippen LogP contribution in [0.2, 0.25) is 0 Å². The summed E-state index contributed by atoms with van der Waals surface area (Å²) in [7, 11) is 0. The topological polar surface area (TPSA) is 70.1 Å². The van der Waals surface area contributed by atoms with Gasteiger partial charge < -0.3 is 15.0 Å². The summed E-state index contributed by atoms with van der Waals surface area (Å²) < 4.78 is 7.23. The van der Waals surface area contributed by atoms with E-state index in [2.05, 4.69) is 4.98 Å². The Kier molecular flexibility index (Phi) is 3.53. The van der Waals surface area contributed by atoms with E-state index < -0.39 is 0 Å². The predicted octanol–water partition coefficient (Wildman–Crippen LogP) is 2.68. The Balaban J connectivity index is 2.45. The third kappa shape index (κ3) is 2.66. The van der Waals surface area contributed by atoms with Gasteiger partial charge in [0.2, 0.25) is 0 Å². The van der Waals surface area contributed by atoms with Crippen LogP contribution in [-0.2, 0) is 5.54 Å². The molecule has 0 atom stereocenters. The summed E-state index contributed by atoms with van der Waals surface area (Å²) in [6.07, 6.45) is 3.21. The molecule has 2 aromatic rings. The summed E-state index contributed by atoms with van der Waals surface area (Å²) >= 11 is 0. The molecule has 0 saturated heterocycles. The van der Waals surface area contributed by atoms with Crippen molar-refractivity contribution in [1.29, 1.82) is 0 Å². The van der Waals surface area contributed by atoms with Crippen LogP contribution in [0.25, 0.3) is 0 Å². The molecule has 0 spiro atoms. The lowest BCUT2D eigenvalue weighted by Crippen LogP contribution is -2.34. The third-order valence-corrected chi connectivity index (χ3v) is 3.06. The Hall–Kier alpha value is -2.30. The number of aromatic nitrogens is 2. The van der Waals surface area contributed by atoms with Gasteiger partial charge >= 0.3 is 5.56 Å². The van der Waals surface area contributed by atoms with Gasteiger partial charge in [-0.3, -0.25) is 4.79 Å². The average molecular weight is 273 g/mol. The van der Waals surface area contributed by atoms with E-state index in [1.165, 1.54) is 0 Å². The first kappa shape index (κ1) is 14.1. The van der Waals surface area contributed by atoms with Crippen LogP contribution in [0, 0.1) is 6.92 Å². The molecule has 106 valence electrons. The van der Waals surface area contributed by atoms with Crippen LogP contribution in [-0.4, -0.2) is 9.55 Å². The fourth-order valence-corrected chi connectivity index (χ4v) is 1.84. The Morgan fingerprint density at radius 1 is 1.30 bits per heavy atom. The van der Waals surface area contributed by atoms with Gasteiger partial charge in [0.15, 0.2) is 0 Å². The lowest BCUT2D eigenvalue weighted by atomic mass is 10.1. The van der Waals surface area contributed by atoms with Crippen molar-refractivity contribution in [2.24, 2.45) is 0 Å². The summed E-state index contributed by atoms with van der Waals surface area (Å²) in [5.74, 6) is 0.595. The normalized spacial score (nSPS) is 11.4. The fourth-order valence-electron chi connectivity index (χ4n) is 1.84. The molecule has 5 nitrogen and oxygen atoms in total. The number of ether oxygens (including phenoxy) is 1. The molecular weight excluding hydrogens is 254 g/mol. The predicted molar refractivity (Wildman–Crippen MR) is 79.2 cm³/mol. The molecule has 0 aliphatic heterocycles. The Morgan fingerprint density at radius 2 is 2.00 bits per heavy atom. The van der Waals surface area contributed by atoms with Gasteiger partial charge in [-0.25, -0.2) is 4.98 Å². The summed E-state index contributed by atoms with van der Waals surface area (Å²) in [6, 6.07) is 5.33. The maximum atomic E-state index is 12.4. The zero-order chi connectivity index (χ0) is 14.9. The van der Waals surface area contributed by atoms with Gasteiger partial charge in [-0.1, -0.05) is 6.07 Å². The zero-order valence-electron chi connectivity index (χ0n) is 12.2. The minimum absolute atomic E-state index is 0.0520. The third-order valence-electron chi connectivity index (χ3n) is 3.06. The van der Waals surface area contributed by atoms with Crippen LogP contribution >= 0.6 is 0 Å². The molecule has 0 aliphatic carbocycles. The molecule has 2 N–H and O–H groups in total. The molecule has 0 saturated carbocycles. The van der Waals surface area contributed by atoms with E-state index in [0.717, 1.165) is 5.56 Å². The van der Waals surface area contributed by atoms with Crippen LogP contribution < -0.4 is 16.0 Å². The van der Waals surface area contributed by atoms with E-state index in [4.69, 9.17) is 10.5 Å². The summed E-state index contributed by atoms with van der Waals surface area (Å²) in [6.45, 7) is 7.69. The van der Waals surface area contributed by atoms with Gasteiger partial charge in [-0.15, -0.1) is 0 Å². The van der Waals surface area contributed by atoms with Crippen molar-refractivity contribution in [3.05, 3.63) is 46.5 Å². The van der Waals surface area contributed by atoms with Crippen molar-refractivity contribution in [2.75, 3.05) is 5.73 Å². The summed E-state index contributed by atoms with van der Waals surface area (Å²) in [5.41, 5.74) is 6.65. The largest absolute Gasteiger partial charge is 0.434 e. The summed E-state index contributed by atoms with van der Waals surface area (Å²) in [4.78, 5) is 16.4. The minimum Gasteiger partial charge on any atom is -0.434 e. The minimum atomic E-state index is -0.330. The number of nitrogens with two attached hydrogens (primary N) is 1. The van der Waals surface area contributed by atoms with Gasteiger partial charge in [0.05, 0.1) is 0 Å². The number of anilines is 1. The van der Waals surface area contributed by atoms with Crippen LogP contribution in [0.1, 0.15) is 26.3 Å². The van der Waals surface area contributed by atoms with Crippen LogP contribution in [0.15, 0.2) is 35.4 Å². The van der Waals surface area contributed by atoms with Gasteiger partial charge in [0.25, 0.3) is 5.88 Å². The molecule has 1 aromatic heterocycles. The highest BCUT2D eigenvalue weighted by Gasteiger charge is 2.18. The fraction of sp³-hybridized carbons (Fsp3) is 0.333. The number of benzene rings is 1. The molecule has 5 heteroatoms. The Labute approximate surface area is 118 Å². The van der Waals surface area contributed by atoms with E-state index in [0.29, 0.717) is 11.4 Å². The van der Waals surface area contributed by atoms with Gasteiger partial charge in [-0.2, -0.15) is 0 Å². The Bertz CT molecular complexity index is 684. The highest BCUT2D eigenvalue weighted by molar-refractivity contribution is 5.53. The molecular formula is C15H19N3O2. The van der Waals surface area contributed by atoms with E-state index in [-0.39, 0.29) is 17.0 Å². The number of rotatable bonds is 2. The maximum Gasteiger partial charge on any atom is 0.314 e.